The smallest absolute Gasteiger partial charge is 0.164 e. The van der Waals surface area contributed by atoms with Crippen molar-refractivity contribution < 1.29 is 27.1 Å². The Morgan fingerprint density at radius 1 is 0.844 bits per heavy atom. The Hall–Kier alpha value is -0.630. The number of quaternary nitrogens is 1. The van der Waals surface area contributed by atoms with Gasteiger partial charge in [0, 0.05) is 20.6 Å². The normalized spacial score (nSPS) is 13.5. The van der Waals surface area contributed by atoms with E-state index in [4.69, 9.17) is 14.2 Å². The molecule has 0 amide bonds. The van der Waals surface area contributed by atoms with Gasteiger partial charge in [-0.3, -0.25) is 0 Å². The molecule has 0 unspecified atom stereocenters. The van der Waals surface area contributed by atoms with Crippen molar-refractivity contribution in [1.82, 2.24) is 0 Å². The fourth-order valence-corrected chi connectivity index (χ4v) is 5.00. The zero-order valence-corrected chi connectivity index (χ0v) is 22.9. The molecule has 0 aliphatic carbocycles. The van der Waals surface area contributed by atoms with E-state index in [2.05, 4.69) is 21.1 Å². The van der Waals surface area contributed by atoms with Gasteiger partial charge in [0.15, 0.2) is 15.6 Å². The van der Waals surface area contributed by atoms with E-state index in [0.29, 0.717) is 6.61 Å². The predicted octanol–water partition coefficient (Wildman–Crippen LogP) is 5.33. The molecule has 7 heteroatoms. The average molecular weight is 479 g/mol. The molecule has 0 aromatic rings. The van der Waals surface area contributed by atoms with Crippen LogP contribution in [0.2, 0.25) is 0 Å². The highest BCUT2D eigenvalue weighted by atomic mass is 32.2. The number of rotatable bonds is 21. The van der Waals surface area contributed by atoms with E-state index < -0.39 is 15.6 Å². The Kier molecular flexibility index (Phi) is 16.6. The molecule has 0 saturated heterocycles. The van der Waals surface area contributed by atoms with Crippen LogP contribution in [0.3, 0.4) is 0 Å². The first-order chi connectivity index (χ1) is 14.9. The molecule has 0 aromatic heterocycles. The van der Waals surface area contributed by atoms with Crippen LogP contribution in [0.5, 0.6) is 0 Å². The van der Waals surface area contributed by atoms with Crippen LogP contribution >= 0.6 is 0 Å². The Labute approximate surface area is 199 Å². The summed E-state index contributed by atoms with van der Waals surface area (Å²) in [4.78, 5) is 0. The summed E-state index contributed by atoms with van der Waals surface area (Å²) in [5, 5.41) is 0. The van der Waals surface area contributed by atoms with E-state index in [9.17, 15) is 8.42 Å². The van der Waals surface area contributed by atoms with Crippen molar-refractivity contribution in [1.29, 1.82) is 0 Å². The van der Waals surface area contributed by atoms with Gasteiger partial charge in [-0.05, 0) is 32.3 Å². The summed E-state index contributed by atoms with van der Waals surface area (Å²) in [6.45, 7) is 5.30. The number of ether oxygens (including phenoxy) is 3. The molecule has 32 heavy (non-hydrogen) atoms. The summed E-state index contributed by atoms with van der Waals surface area (Å²) in [6, 6.07) is 0. The van der Waals surface area contributed by atoms with Crippen LogP contribution in [0.15, 0.2) is 11.8 Å². The molecule has 0 aromatic carbocycles. The number of likely N-dealkylation sites (N-methyl/N-ethyl adjacent to an activating group) is 1. The zero-order chi connectivity index (χ0) is 24.5. The Morgan fingerprint density at radius 2 is 1.31 bits per heavy atom. The third-order valence-electron chi connectivity index (χ3n) is 5.81. The number of unbranched alkanes of at least 4 members (excludes halogenated alkanes) is 9. The largest absolute Gasteiger partial charge is 0.495 e. The molecule has 192 valence electrons. The van der Waals surface area contributed by atoms with Gasteiger partial charge in [-0.25, -0.2) is 8.42 Å². The lowest BCUT2D eigenvalue weighted by Crippen LogP contribution is -2.37. The van der Waals surface area contributed by atoms with Gasteiger partial charge in [-0.1, -0.05) is 51.4 Å². The van der Waals surface area contributed by atoms with Gasteiger partial charge in [0.1, 0.15) is 13.2 Å². The fourth-order valence-electron chi connectivity index (χ4n) is 3.45. The quantitative estimate of drug-likeness (QED) is 0.0966. The van der Waals surface area contributed by atoms with E-state index in [1.807, 2.05) is 13.8 Å². The number of methoxy groups -OCH3 is 2. The molecule has 0 rings (SSSR count). The number of hydrogen-bond acceptors (Lipinski definition) is 5. The van der Waals surface area contributed by atoms with Gasteiger partial charge in [-0.15, -0.1) is 0 Å². The number of hydrogen-bond donors (Lipinski definition) is 0. The summed E-state index contributed by atoms with van der Waals surface area (Å²) in [6.07, 6.45) is 14.0. The van der Waals surface area contributed by atoms with E-state index in [-0.39, 0.29) is 11.5 Å². The molecule has 0 saturated carbocycles. The first kappa shape index (κ1) is 31.4. The van der Waals surface area contributed by atoms with Gasteiger partial charge < -0.3 is 18.7 Å². The van der Waals surface area contributed by atoms with Crippen molar-refractivity contribution in [3.63, 3.8) is 0 Å². The molecule has 0 heterocycles. The molecular formula is C25H52NO5S+. The van der Waals surface area contributed by atoms with E-state index in [0.717, 1.165) is 48.7 Å². The first-order valence-electron chi connectivity index (χ1n) is 12.3. The standard InChI is InChI=1S/C25H52NO5S/c1-24(22-31-20-19-26(3,4)5)23-32(27,28)21-17-15-13-11-9-8-10-12-14-16-18-25(2,29-6)30-7/h22H,8-21,23H2,1-7H3/q+1. The highest BCUT2D eigenvalue weighted by Crippen LogP contribution is 2.20. The zero-order valence-electron chi connectivity index (χ0n) is 22.1. The van der Waals surface area contributed by atoms with Crippen LogP contribution in [-0.2, 0) is 24.0 Å². The second kappa shape index (κ2) is 16.9. The van der Waals surface area contributed by atoms with E-state index >= 15 is 0 Å². The van der Waals surface area contributed by atoms with Crippen LogP contribution in [-0.4, -0.2) is 78.7 Å². The Morgan fingerprint density at radius 3 is 1.78 bits per heavy atom. The maximum Gasteiger partial charge on any atom is 0.164 e. The van der Waals surface area contributed by atoms with Crippen molar-refractivity contribution >= 4 is 9.84 Å². The molecule has 0 atom stereocenters. The topological polar surface area (TPSA) is 61.8 Å². The number of nitrogens with zero attached hydrogens (tertiary/aromatic N) is 1. The highest BCUT2D eigenvalue weighted by Gasteiger charge is 2.21. The van der Waals surface area contributed by atoms with Gasteiger partial charge in [0.25, 0.3) is 0 Å². The molecule has 0 aliphatic heterocycles. The lowest BCUT2D eigenvalue weighted by atomic mass is 10.0. The summed E-state index contributed by atoms with van der Waals surface area (Å²) < 4.78 is 41.6. The maximum absolute atomic E-state index is 12.3. The van der Waals surface area contributed by atoms with Gasteiger partial charge in [-0.2, -0.15) is 0 Å². The van der Waals surface area contributed by atoms with Crippen molar-refractivity contribution in [2.75, 3.05) is 60.0 Å². The number of sulfone groups is 1. The third kappa shape index (κ3) is 18.9. The van der Waals surface area contributed by atoms with Crippen molar-refractivity contribution in [2.45, 2.75) is 90.3 Å². The molecule has 0 bridgehead atoms. The van der Waals surface area contributed by atoms with E-state index in [1.54, 1.807) is 20.5 Å². The molecule has 0 aliphatic rings. The summed E-state index contributed by atoms with van der Waals surface area (Å²) in [7, 11) is 6.67. The first-order valence-corrected chi connectivity index (χ1v) is 14.1. The minimum Gasteiger partial charge on any atom is -0.495 e. The summed E-state index contributed by atoms with van der Waals surface area (Å²) in [5.41, 5.74) is 0.778. The Bertz CT molecular complexity index is 592. The van der Waals surface area contributed by atoms with Crippen molar-refractivity contribution in [3.8, 4) is 0 Å². The minimum atomic E-state index is -3.04. The van der Waals surface area contributed by atoms with Crippen molar-refractivity contribution in [3.05, 3.63) is 11.8 Å². The van der Waals surface area contributed by atoms with Crippen LogP contribution in [0, 0.1) is 0 Å². The highest BCUT2D eigenvalue weighted by molar-refractivity contribution is 7.91. The van der Waals surface area contributed by atoms with Crippen LogP contribution < -0.4 is 0 Å². The lowest BCUT2D eigenvalue weighted by molar-refractivity contribution is -0.870. The minimum absolute atomic E-state index is 0.102. The molecule has 0 radical (unpaired) electrons. The van der Waals surface area contributed by atoms with Gasteiger partial charge in [0.05, 0.1) is 38.9 Å². The van der Waals surface area contributed by atoms with Crippen molar-refractivity contribution in [2.24, 2.45) is 0 Å². The third-order valence-corrected chi connectivity index (χ3v) is 7.62. The molecule has 0 fully saturated rings. The van der Waals surface area contributed by atoms with E-state index in [1.165, 1.54) is 38.5 Å². The average Bonchev–Trinajstić information content (AvgIpc) is 2.70. The monoisotopic (exact) mass is 478 g/mol. The molecular weight excluding hydrogens is 426 g/mol. The second-order valence-electron chi connectivity index (χ2n) is 10.3. The molecule has 0 N–H and O–H groups in total. The fraction of sp³-hybridized carbons (Fsp3) is 0.920. The molecule has 6 nitrogen and oxygen atoms in total. The molecule has 0 spiro atoms. The second-order valence-corrected chi connectivity index (χ2v) is 12.5. The predicted molar refractivity (Wildman–Crippen MR) is 134 cm³/mol. The summed E-state index contributed by atoms with van der Waals surface area (Å²) >= 11 is 0. The van der Waals surface area contributed by atoms with Gasteiger partial charge in [0.2, 0.25) is 0 Å². The lowest BCUT2D eigenvalue weighted by Gasteiger charge is -2.26. The Balaban J connectivity index is 3.68. The van der Waals surface area contributed by atoms with Crippen LogP contribution in [0.4, 0.5) is 0 Å². The SMILES string of the molecule is COC(C)(CCCCCCCCCCCCS(=O)(=O)CC(C)=COCC[N+](C)(C)C)OC. The maximum atomic E-state index is 12.3. The summed E-state index contributed by atoms with van der Waals surface area (Å²) in [5.74, 6) is -0.0635. The van der Waals surface area contributed by atoms with Gasteiger partial charge >= 0.3 is 0 Å². The van der Waals surface area contributed by atoms with Crippen LogP contribution in [0.1, 0.15) is 84.5 Å². The van der Waals surface area contributed by atoms with Crippen LogP contribution in [0.25, 0.3) is 0 Å².